The van der Waals surface area contributed by atoms with E-state index in [2.05, 4.69) is 42.5 Å². The number of hydrogen-bond donors (Lipinski definition) is 0. The quantitative estimate of drug-likeness (QED) is 0.519. The van der Waals surface area contributed by atoms with Crippen LogP contribution in [0.5, 0.6) is 0 Å². The lowest BCUT2D eigenvalue weighted by Gasteiger charge is -2.44. The number of nitrogens with zero attached hydrogens (tertiary/aromatic N) is 2. The highest BCUT2D eigenvalue weighted by atomic mass is 127. The second-order valence-corrected chi connectivity index (χ2v) is 6.20. The number of hydrogen-bond acceptors (Lipinski definition) is 1. The van der Waals surface area contributed by atoms with Gasteiger partial charge in [-0.05, 0) is 23.8 Å². The normalized spacial score (nSPS) is 28.1. The summed E-state index contributed by atoms with van der Waals surface area (Å²) in [5, 5.41) is 1.25. The van der Waals surface area contributed by atoms with Crippen molar-refractivity contribution in [3.63, 3.8) is 0 Å². The van der Waals surface area contributed by atoms with Gasteiger partial charge in [0, 0.05) is 35.9 Å². The maximum atomic E-state index is 4.41. The third kappa shape index (κ3) is 2.27. The number of halogens is 1. The van der Waals surface area contributed by atoms with Gasteiger partial charge in [0.05, 0.1) is 31.9 Å². The second-order valence-electron chi connectivity index (χ2n) is 6.20. The van der Waals surface area contributed by atoms with E-state index in [-0.39, 0.29) is 24.0 Å². The minimum Gasteiger partial charge on any atom is -1.00 e. The van der Waals surface area contributed by atoms with Crippen molar-refractivity contribution in [1.29, 1.82) is 0 Å². The van der Waals surface area contributed by atoms with Gasteiger partial charge in [-0.2, -0.15) is 0 Å². The Morgan fingerprint density at radius 1 is 1.15 bits per heavy atom. The summed E-state index contributed by atoms with van der Waals surface area (Å²) in [7, 11) is 2.36. The molecule has 20 heavy (non-hydrogen) atoms. The summed E-state index contributed by atoms with van der Waals surface area (Å²) in [6, 6.07) is 10.9. The van der Waals surface area contributed by atoms with Gasteiger partial charge in [0.25, 0.3) is 0 Å². The van der Waals surface area contributed by atoms with E-state index in [9.17, 15) is 0 Å². The number of benzene rings is 1. The van der Waals surface area contributed by atoms with E-state index in [4.69, 9.17) is 0 Å². The summed E-state index contributed by atoms with van der Waals surface area (Å²) in [4.78, 5) is 4.41. The second kappa shape index (κ2) is 5.11. The topological polar surface area (TPSA) is 12.9 Å². The van der Waals surface area contributed by atoms with E-state index in [0.717, 1.165) is 15.9 Å². The Labute approximate surface area is 137 Å². The Morgan fingerprint density at radius 3 is 2.70 bits per heavy atom. The highest BCUT2D eigenvalue weighted by Crippen LogP contribution is 2.40. The molecule has 0 unspecified atom stereocenters. The highest BCUT2D eigenvalue weighted by Gasteiger charge is 2.37. The van der Waals surface area contributed by atoms with Gasteiger partial charge in [0.15, 0.2) is 0 Å². The van der Waals surface area contributed by atoms with Crippen LogP contribution in [-0.4, -0.2) is 29.6 Å². The summed E-state index contributed by atoms with van der Waals surface area (Å²) in [6.45, 7) is 2.62. The van der Waals surface area contributed by atoms with Crippen molar-refractivity contribution in [2.24, 2.45) is 5.92 Å². The average molecular weight is 378 g/mol. The van der Waals surface area contributed by atoms with Crippen molar-refractivity contribution in [2.75, 3.05) is 20.1 Å². The molecular formula is C17H19IN2. The molecule has 104 valence electrons. The summed E-state index contributed by atoms with van der Waals surface area (Å²) >= 11 is 0. The van der Waals surface area contributed by atoms with Gasteiger partial charge >= 0.3 is 0 Å². The minimum absolute atomic E-state index is 0. The van der Waals surface area contributed by atoms with Crippen LogP contribution in [0.3, 0.4) is 0 Å². The fourth-order valence-electron chi connectivity index (χ4n) is 3.60. The van der Waals surface area contributed by atoms with Gasteiger partial charge in [0.1, 0.15) is 0 Å². The molecule has 0 N–H and O–H groups in total. The zero-order chi connectivity index (χ0) is 12.9. The van der Waals surface area contributed by atoms with E-state index >= 15 is 0 Å². The maximum Gasteiger partial charge on any atom is 0.0997 e. The molecule has 1 saturated heterocycles. The van der Waals surface area contributed by atoms with Gasteiger partial charge in [-0.25, -0.2) is 0 Å². The van der Waals surface area contributed by atoms with Crippen molar-refractivity contribution in [3.8, 4) is 0 Å². The molecule has 0 saturated carbocycles. The zero-order valence-corrected chi connectivity index (χ0v) is 13.9. The van der Waals surface area contributed by atoms with Crippen LogP contribution in [-0.2, 0) is 0 Å². The molecule has 2 aromatic rings. The molecule has 0 atom stereocenters. The first-order valence-corrected chi connectivity index (χ1v) is 7.16. The fourth-order valence-corrected chi connectivity index (χ4v) is 3.60. The van der Waals surface area contributed by atoms with Crippen LogP contribution in [0.25, 0.3) is 16.5 Å². The van der Waals surface area contributed by atoms with Crippen molar-refractivity contribution >= 4 is 16.5 Å². The van der Waals surface area contributed by atoms with Crippen molar-refractivity contribution in [3.05, 3.63) is 48.3 Å². The lowest BCUT2D eigenvalue weighted by Crippen LogP contribution is -3.00. The molecular weight excluding hydrogens is 359 g/mol. The summed E-state index contributed by atoms with van der Waals surface area (Å²) in [5.74, 6) is 0.772. The summed E-state index contributed by atoms with van der Waals surface area (Å²) in [6.07, 6.45) is 7.04. The number of allylic oxidation sites excluding steroid dienone is 1. The van der Waals surface area contributed by atoms with Crippen molar-refractivity contribution in [2.45, 2.75) is 12.8 Å². The van der Waals surface area contributed by atoms with Gasteiger partial charge in [-0.15, -0.1) is 0 Å². The lowest BCUT2D eigenvalue weighted by molar-refractivity contribution is -0.868. The van der Waals surface area contributed by atoms with Crippen LogP contribution in [0.4, 0.5) is 0 Å². The first-order valence-electron chi connectivity index (χ1n) is 7.16. The van der Waals surface area contributed by atoms with Gasteiger partial charge in [0.2, 0.25) is 0 Å². The molecule has 2 nitrogen and oxygen atoms in total. The van der Waals surface area contributed by atoms with Gasteiger partial charge in [-0.1, -0.05) is 12.1 Å². The van der Waals surface area contributed by atoms with Crippen LogP contribution in [0.15, 0.2) is 42.7 Å². The number of pyridine rings is 1. The Morgan fingerprint density at radius 2 is 1.95 bits per heavy atom. The Balaban J connectivity index is 0.00000121. The number of aromatic nitrogens is 1. The third-order valence-corrected chi connectivity index (χ3v) is 4.80. The predicted octanol–water partition coefficient (Wildman–Crippen LogP) is 0.450. The monoisotopic (exact) mass is 378 g/mol. The number of piperidine rings is 1. The molecule has 0 amide bonds. The molecule has 3 aliphatic rings. The zero-order valence-electron chi connectivity index (χ0n) is 11.7. The maximum absolute atomic E-state index is 4.41. The molecule has 0 aliphatic carbocycles. The number of fused-ring (bicyclic) bond motifs is 3. The van der Waals surface area contributed by atoms with Gasteiger partial charge in [-0.3, -0.25) is 9.47 Å². The van der Waals surface area contributed by atoms with E-state index in [1.165, 1.54) is 36.9 Å². The minimum atomic E-state index is 0. The van der Waals surface area contributed by atoms with E-state index in [1.807, 2.05) is 12.3 Å². The van der Waals surface area contributed by atoms with Gasteiger partial charge < -0.3 is 24.0 Å². The van der Waals surface area contributed by atoms with Crippen LogP contribution < -0.4 is 24.0 Å². The average Bonchev–Trinajstić information content (AvgIpc) is 2.47. The van der Waals surface area contributed by atoms with E-state index < -0.39 is 0 Å². The van der Waals surface area contributed by atoms with E-state index in [1.54, 1.807) is 5.57 Å². The van der Waals surface area contributed by atoms with E-state index in [0.29, 0.717) is 0 Å². The molecule has 2 bridgehead atoms. The van der Waals surface area contributed by atoms with Crippen molar-refractivity contribution < 1.29 is 28.5 Å². The van der Waals surface area contributed by atoms with Crippen molar-refractivity contribution in [1.82, 2.24) is 4.98 Å². The first-order chi connectivity index (χ1) is 9.23. The highest BCUT2D eigenvalue weighted by molar-refractivity contribution is 5.83. The molecule has 0 spiro atoms. The lowest BCUT2D eigenvalue weighted by atomic mass is 9.81. The molecule has 1 fully saturated rings. The van der Waals surface area contributed by atoms with Crippen LogP contribution >= 0.6 is 0 Å². The Bertz CT molecular complexity index is 669. The summed E-state index contributed by atoms with van der Waals surface area (Å²) < 4.78 is 1.12. The van der Waals surface area contributed by atoms with Crippen LogP contribution in [0.2, 0.25) is 0 Å². The Hall–Kier alpha value is -0.940. The van der Waals surface area contributed by atoms with Crippen LogP contribution in [0, 0.1) is 5.92 Å². The molecule has 5 rings (SSSR count). The molecule has 4 heterocycles. The largest absolute Gasteiger partial charge is 1.00 e. The molecule has 3 aliphatic heterocycles. The fraction of sp³-hybridized carbons (Fsp3) is 0.353. The molecule has 3 heteroatoms. The third-order valence-electron chi connectivity index (χ3n) is 4.80. The number of rotatable bonds is 1. The summed E-state index contributed by atoms with van der Waals surface area (Å²) in [5.41, 5.74) is 4.05. The molecule has 1 aromatic carbocycles. The smallest absolute Gasteiger partial charge is 0.0997 e. The SMILES string of the molecule is C[N+]12C=C(c3ccc4ncccc4c3)C(CC1)CC2.[I-]. The predicted molar refractivity (Wildman–Crippen MR) is 78.4 cm³/mol. The molecule has 0 radical (unpaired) electrons. The van der Waals surface area contributed by atoms with Crippen LogP contribution in [0.1, 0.15) is 18.4 Å². The first kappa shape index (κ1) is 14.0. The molecule has 1 aromatic heterocycles. The number of quaternary nitrogens is 1. The standard InChI is InChI=1S/C17H19N2.HI/c1-19-9-6-13(7-10-19)16(12-19)14-4-5-17-15(11-14)3-2-8-18-17;/h2-5,8,11-13H,6-7,9-10H2,1H3;1H/q+1;/p-1. The Kier molecular flexibility index (Phi) is 3.58.